The molecule has 1 heterocycles. The second-order valence-corrected chi connectivity index (χ2v) is 5.94. The van der Waals surface area contributed by atoms with Crippen LogP contribution < -0.4 is 10.1 Å². The Bertz CT molecular complexity index is 545. The summed E-state index contributed by atoms with van der Waals surface area (Å²) in [5.41, 5.74) is 3.67. The van der Waals surface area contributed by atoms with Crippen LogP contribution in [0.5, 0.6) is 5.75 Å². The number of thiophene rings is 1. The van der Waals surface area contributed by atoms with Gasteiger partial charge in [0.1, 0.15) is 5.75 Å². The second-order valence-electron chi connectivity index (χ2n) is 4.48. The van der Waals surface area contributed by atoms with Crippen molar-refractivity contribution in [2.75, 3.05) is 12.4 Å². The van der Waals surface area contributed by atoms with Gasteiger partial charge in [0.15, 0.2) is 0 Å². The molecule has 3 heteroatoms. The zero-order chi connectivity index (χ0) is 13.1. The van der Waals surface area contributed by atoms with Crippen LogP contribution in [0.25, 0.3) is 0 Å². The molecule has 0 aliphatic carbocycles. The SMILES string of the molecule is COc1ccc(NCc2cc(C)sc2C)cc1C. The molecule has 0 bridgehead atoms. The van der Waals surface area contributed by atoms with Crippen LogP contribution in [-0.2, 0) is 6.54 Å². The van der Waals surface area contributed by atoms with Crippen LogP contribution >= 0.6 is 11.3 Å². The predicted molar refractivity (Wildman–Crippen MR) is 78.9 cm³/mol. The van der Waals surface area contributed by atoms with E-state index < -0.39 is 0 Å². The first-order valence-corrected chi connectivity index (χ1v) is 6.86. The maximum atomic E-state index is 5.26. The number of methoxy groups -OCH3 is 1. The fourth-order valence-corrected chi connectivity index (χ4v) is 2.99. The summed E-state index contributed by atoms with van der Waals surface area (Å²) >= 11 is 1.85. The van der Waals surface area contributed by atoms with Gasteiger partial charge in [0, 0.05) is 22.0 Å². The summed E-state index contributed by atoms with van der Waals surface area (Å²) in [4.78, 5) is 2.76. The van der Waals surface area contributed by atoms with E-state index >= 15 is 0 Å². The Labute approximate surface area is 113 Å². The molecule has 0 saturated heterocycles. The Kier molecular flexibility index (Phi) is 3.92. The van der Waals surface area contributed by atoms with Crippen LogP contribution in [0, 0.1) is 20.8 Å². The monoisotopic (exact) mass is 261 g/mol. The van der Waals surface area contributed by atoms with Crippen molar-refractivity contribution in [1.82, 2.24) is 0 Å². The Morgan fingerprint density at radius 2 is 1.94 bits per heavy atom. The van der Waals surface area contributed by atoms with Gasteiger partial charge in [-0.05, 0) is 56.2 Å². The highest BCUT2D eigenvalue weighted by molar-refractivity contribution is 7.12. The maximum Gasteiger partial charge on any atom is 0.121 e. The van der Waals surface area contributed by atoms with Gasteiger partial charge in [0.2, 0.25) is 0 Å². The highest BCUT2D eigenvalue weighted by Gasteiger charge is 2.03. The Hall–Kier alpha value is -1.48. The zero-order valence-corrected chi connectivity index (χ0v) is 12.1. The highest BCUT2D eigenvalue weighted by Crippen LogP contribution is 2.24. The average Bonchev–Trinajstić information content (AvgIpc) is 2.65. The molecule has 18 heavy (non-hydrogen) atoms. The topological polar surface area (TPSA) is 21.3 Å². The minimum absolute atomic E-state index is 0.877. The highest BCUT2D eigenvalue weighted by atomic mass is 32.1. The lowest BCUT2D eigenvalue weighted by Crippen LogP contribution is -2.00. The quantitative estimate of drug-likeness (QED) is 0.886. The van der Waals surface area contributed by atoms with Crippen LogP contribution in [0.15, 0.2) is 24.3 Å². The number of hydrogen-bond donors (Lipinski definition) is 1. The number of hydrogen-bond acceptors (Lipinski definition) is 3. The van der Waals surface area contributed by atoms with Gasteiger partial charge < -0.3 is 10.1 Å². The first-order chi connectivity index (χ1) is 8.60. The van der Waals surface area contributed by atoms with Crippen molar-refractivity contribution in [3.63, 3.8) is 0 Å². The number of nitrogens with one attached hydrogen (secondary N) is 1. The fraction of sp³-hybridized carbons (Fsp3) is 0.333. The third-order valence-electron chi connectivity index (χ3n) is 3.02. The maximum absolute atomic E-state index is 5.26. The minimum atomic E-state index is 0.877. The van der Waals surface area contributed by atoms with Gasteiger partial charge in [-0.3, -0.25) is 0 Å². The van der Waals surface area contributed by atoms with Gasteiger partial charge in [-0.15, -0.1) is 11.3 Å². The van der Waals surface area contributed by atoms with Crippen molar-refractivity contribution in [3.05, 3.63) is 45.1 Å². The van der Waals surface area contributed by atoms with Crippen molar-refractivity contribution in [3.8, 4) is 5.75 Å². The largest absolute Gasteiger partial charge is 0.496 e. The van der Waals surface area contributed by atoms with Gasteiger partial charge in [-0.25, -0.2) is 0 Å². The van der Waals surface area contributed by atoms with Gasteiger partial charge in [0.25, 0.3) is 0 Å². The van der Waals surface area contributed by atoms with E-state index in [0.29, 0.717) is 0 Å². The molecule has 1 N–H and O–H groups in total. The predicted octanol–water partition coefficient (Wildman–Crippen LogP) is 4.29. The Morgan fingerprint density at radius 3 is 2.50 bits per heavy atom. The summed E-state index contributed by atoms with van der Waals surface area (Å²) in [6, 6.07) is 8.43. The van der Waals surface area contributed by atoms with E-state index in [4.69, 9.17) is 4.74 Å². The lowest BCUT2D eigenvalue weighted by Gasteiger charge is -2.09. The van der Waals surface area contributed by atoms with Crippen molar-refractivity contribution in [1.29, 1.82) is 0 Å². The molecule has 0 spiro atoms. The van der Waals surface area contributed by atoms with E-state index in [9.17, 15) is 0 Å². The van der Waals surface area contributed by atoms with E-state index in [1.54, 1.807) is 7.11 Å². The van der Waals surface area contributed by atoms with E-state index in [1.807, 2.05) is 17.4 Å². The molecule has 0 aliphatic rings. The van der Waals surface area contributed by atoms with Crippen LogP contribution in [-0.4, -0.2) is 7.11 Å². The first-order valence-electron chi connectivity index (χ1n) is 6.04. The molecule has 0 aliphatic heterocycles. The molecule has 0 radical (unpaired) electrons. The summed E-state index contributed by atoms with van der Waals surface area (Å²) in [6.45, 7) is 7.26. The number of benzene rings is 1. The van der Waals surface area contributed by atoms with E-state index in [0.717, 1.165) is 23.5 Å². The zero-order valence-electron chi connectivity index (χ0n) is 11.3. The summed E-state index contributed by atoms with van der Waals surface area (Å²) in [5.74, 6) is 0.933. The summed E-state index contributed by atoms with van der Waals surface area (Å²) in [6.07, 6.45) is 0. The first kappa shape index (κ1) is 13.0. The van der Waals surface area contributed by atoms with Crippen LogP contribution in [0.4, 0.5) is 5.69 Å². The van der Waals surface area contributed by atoms with Gasteiger partial charge >= 0.3 is 0 Å². The average molecular weight is 261 g/mol. The van der Waals surface area contributed by atoms with Gasteiger partial charge in [-0.2, -0.15) is 0 Å². The van der Waals surface area contributed by atoms with Crippen LogP contribution in [0.1, 0.15) is 20.9 Å². The molecule has 96 valence electrons. The fourth-order valence-electron chi connectivity index (χ4n) is 2.04. The number of aryl methyl sites for hydroxylation is 3. The minimum Gasteiger partial charge on any atom is -0.496 e. The van der Waals surface area contributed by atoms with Crippen LogP contribution in [0.2, 0.25) is 0 Å². The van der Waals surface area contributed by atoms with Gasteiger partial charge in [-0.1, -0.05) is 0 Å². The van der Waals surface area contributed by atoms with Crippen molar-refractivity contribution >= 4 is 17.0 Å². The summed E-state index contributed by atoms with van der Waals surface area (Å²) < 4.78 is 5.26. The van der Waals surface area contributed by atoms with E-state index in [-0.39, 0.29) is 0 Å². The second kappa shape index (κ2) is 5.44. The molecule has 2 nitrogen and oxygen atoms in total. The van der Waals surface area contributed by atoms with Crippen molar-refractivity contribution in [2.24, 2.45) is 0 Å². The number of anilines is 1. The lowest BCUT2D eigenvalue weighted by atomic mass is 10.2. The molecule has 0 atom stereocenters. The van der Waals surface area contributed by atoms with Crippen LogP contribution in [0.3, 0.4) is 0 Å². The molecule has 0 saturated carbocycles. The summed E-state index contributed by atoms with van der Waals surface area (Å²) in [5, 5.41) is 3.46. The molecule has 2 rings (SSSR count). The lowest BCUT2D eigenvalue weighted by molar-refractivity contribution is 0.412. The smallest absolute Gasteiger partial charge is 0.121 e. The molecular weight excluding hydrogens is 242 g/mol. The normalized spacial score (nSPS) is 10.4. The molecule has 2 aromatic rings. The number of rotatable bonds is 4. The molecule has 0 unspecified atom stereocenters. The molecule has 1 aromatic carbocycles. The van der Waals surface area contributed by atoms with Crippen molar-refractivity contribution < 1.29 is 4.74 Å². The Morgan fingerprint density at radius 1 is 1.17 bits per heavy atom. The third kappa shape index (κ3) is 2.85. The van der Waals surface area contributed by atoms with Crippen molar-refractivity contribution in [2.45, 2.75) is 27.3 Å². The van der Waals surface area contributed by atoms with E-state index in [1.165, 1.54) is 15.3 Å². The molecule has 1 aromatic heterocycles. The molecule has 0 fully saturated rings. The molecular formula is C15H19NOS. The Balaban J connectivity index is 2.06. The summed E-state index contributed by atoms with van der Waals surface area (Å²) in [7, 11) is 1.70. The standard InChI is InChI=1S/C15H19NOS/c1-10-7-14(5-6-15(10)17-4)16-9-13-8-11(2)18-12(13)3/h5-8,16H,9H2,1-4H3. The number of ether oxygens (including phenoxy) is 1. The van der Waals surface area contributed by atoms with Gasteiger partial charge in [0.05, 0.1) is 7.11 Å². The van der Waals surface area contributed by atoms with E-state index in [2.05, 4.69) is 44.3 Å². The molecule has 0 amide bonds. The third-order valence-corrected chi connectivity index (χ3v) is 4.03.